The van der Waals surface area contributed by atoms with Crippen LogP contribution in [0.15, 0.2) is 18.2 Å². The van der Waals surface area contributed by atoms with Gasteiger partial charge in [0.05, 0.1) is 24.5 Å². The Morgan fingerprint density at radius 3 is 2.68 bits per heavy atom. The fourth-order valence-corrected chi connectivity index (χ4v) is 3.06. The first-order valence-electron chi connectivity index (χ1n) is 8.39. The molecule has 7 nitrogen and oxygen atoms in total. The van der Waals surface area contributed by atoms with Gasteiger partial charge in [0.25, 0.3) is 0 Å². The van der Waals surface area contributed by atoms with E-state index in [0.29, 0.717) is 11.4 Å². The highest BCUT2D eigenvalue weighted by Crippen LogP contribution is 2.28. The van der Waals surface area contributed by atoms with E-state index >= 15 is 0 Å². The van der Waals surface area contributed by atoms with Gasteiger partial charge >= 0.3 is 6.09 Å². The monoisotopic (exact) mass is 350 g/mol. The number of ether oxygens (including phenoxy) is 1. The normalized spacial score (nSPS) is 21.4. The molecule has 0 aromatic heterocycles. The lowest BCUT2D eigenvalue weighted by Gasteiger charge is -2.34. The molecule has 2 fully saturated rings. The third-order valence-electron chi connectivity index (χ3n) is 4.54. The second kappa shape index (κ2) is 7.26. The Morgan fingerprint density at radius 1 is 1.32 bits per heavy atom. The van der Waals surface area contributed by atoms with Crippen molar-refractivity contribution in [1.29, 1.82) is 0 Å². The Labute approximate surface area is 146 Å². The van der Waals surface area contributed by atoms with Crippen LogP contribution >= 0.6 is 0 Å². The molecule has 2 heterocycles. The predicted molar refractivity (Wildman–Crippen MR) is 92.4 cm³/mol. The fraction of sp³-hybridized carbons (Fsp3) is 0.529. The van der Waals surface area contributed by atoms with E-state index in [1.807, 2.05) is 11.9 Å². The number of nitrogens with zero attached hydrogens (tertiary/aromatic N) is 3. The first-order valence-corrected chi connectivity index (χ1v) is 8.39. The summed E-state index contributed by atoms with van der Waals surface area (Å²) in [5.74, 6) is -0.530. The number of carbonyl (C=O) groups is 2. The number of likely N-dealkylation sites (N-methyl/N-ethyl adjacent to an activating group) is 1. The lowest BCUT2D eigenvalue weighted by Crippen LogP contribution is -2.44. The molecular weight excluding hydrogens is 327 g/mol. The van der Waals surface area contributed by atoms with E-state index in [1.165, 1.54) is 17.9 Å². The van der Waals surface area contributed by atoms with Gasteiger partial charge < -0.3 is 19.9 Å². The van der Waals surface area contributed by atoms with E-state index in [1.54, 1.807) is 12.1 Å². The summed E-state index contributed by atoms with van der Waals surface area (Å²) in [7, 11) is 2.05. The number of rotatable bonds is 4. The van der Waals surface area contributed by atoms with Crippen LogP contribution in [0.5, 0.6) is 0 Å². The summed E-state index contributed by atoms with van der Waals surface area (Å²) in [4.78, 5) is 28.6. The SMILES string of the molecule is CC(=O)NC[C@H]1CN(c2ccc(N3CCN(C)CC3)c(F)c2)C(=O)O1. The zero-order valence-electron chi connectivity index (χ0n) is 14.5. The minimum absolute atomic E-state index is 0.183. The van der Waals surface area contributed by atoms with Gasteiger partial charge in [0.15, 0.2) is 0 Å². The standard InChI is InChI=1S/C17H23FN4O3/c1-12(23)19-10-14-11-22(17(24)25-14)13-3-4-16(15(18)9-13)21-7-5-20(2)6-8-21/h3-4,9,14H,5-8,10-11H2,1-2H3,(H,19,23)/t14-/m0/s1. The van der Waals surface area contributed by atoms with E-state index in [4.69, 9.17) is 4.74 Å². The second-order valence-electron chi connectivity index (χ2n) is 6.48. The summed E-state index contributed by atoms with van der Waals surface area (Å²) in [6.45, 7) is 5.27. The Balaban J connectivity index is 1.68. The summed E-state index contributed by atoms with van der Waals surface area (Å²) in [5.41, 5.74) is 1.02. The van der Waals surface area contributed by atoms with E-state index < -0.39 is 12.2 Å². The van der Waals surface area contributed by atoms with Crippen molar-refractivity contribution in [3.63, 3.8) is 0 Å². The van der Waals surface area contributed by atoms with E-state index in [2.05, 4.69) is 10.2 Å². The lowest BCUT2D eigenvalue weighted by atomic mass is 10.2. The largest absolute Gasteiger partial charge is 0.442 e. The molecule has 0 spiro atoms. The van der Waals surface area contributed by atoms with E-state index in [0.717, 1.165) is 26.2 Å². The Bertz CT molecular complexity index is 661. The average molecular weight is 350 g/mol. The molecule has 3 rings (SSSR count). The lowest BCUT2D eigenvalue weighted by molar-refractivity contribution is -0.119. The molecule has 0 radical (unpaired) electrons. The number of anilines is 2. The van der Waals surface area contributed by atoms with Crippen molar-refractivity contribution in [2.45, 2.75) is 13.0 Å². The molecule has 0 saturated carbocycles. The number of amides is 2. The van der Waals surface area contributed by atoms with Crippen LogP contribution in [-0.2, 0) is 9.53 Å². The van der Waals surface area contributed by atoms with Gasteiger partial charge in [0, 0.05) is 33.1 Å². The van der Waals surface area contributed by atoms with Crippen LogP contribution in [-0.4, -0.2) is 69.3 Å². The maximum atomic E-state index is 14.6. The Hall–Kier alpha value is -2.35. The molecule has 1 N–H and O–H groups in total. The van der Waals surface area contributed by atoms with Crippen LogP contribution in [0.3, 0.4) is 0 Å². The fourth-order valence-electron chi connectivity index (χ4n) is 3.06. The zero-order chi connectivity index (χ0) is 18.0. The smallest absolute Gasteiger partial charge is 0.414 e. The molecule has 1 aromatic rings. The molecule has 0 unspecified atom stereocenters. The van der Waals surface area contributed by atoms with Gasteiger partial charge in [-0.05, 0) is 25.2 Å². The molecule has 1 atom stereocenters. The summed E-state index contributed by atoms with van der Waals surface area (Å²) in [6, 6.07) is 4.82. The number of hydrogen-bond acceptors (Lipinski definition) is 5. The maximum absolute atomic E-state index is 14.6. The molecular formula is C17H23FN4O3. The quantitative estimate of drug-likeness (QED) is 0.879. The first kappa shape index (κ1) is 17.5. The summed E-state index contributed by atoms with van der Waals surface area (Å²) in [5, 5.41) is 2.62. The molecule has 2 aliphatic rings. The van der Waals surface area contributed by atoms with Crippen molar-refractivity contribution < 1.29 is 18.7 Å². The number of carbonyl (C=O) groups excluding carboxylic acids is 2. The average Bonchev–Trinajstić information content (AvgIpc) is 2.95. The van der Waals surface area contributed by atoms with Gasteiger partial charge in [-0.3, -0.25) is 9.69 Å². The number of hydrogen-bond donors (Lipinski definition) is 1. The molecule has 25 heavy (non-hydrogen) atoms. The number of benzene rings is 1. The predicted octanol–water partition coefficient (Wildman–Crippen LogP) is 1.04. The van der Waals surface area contributed by atoms with Crippen molar-refractivity contribution in [3.05, 3.63) is 24.0 Å². The second-order valence-corrected chi connectivity index (χ2v) is 6.48. The number of halogens is 1. The minimum Gasteiger partial charge on any atom is -0.442 e. The van der Waals surface area contributed by atoms with Crippen molar-refractivity contribution in [2.75, 3.05) is 56.1 Å². The highest BCUT2D eigenvalue weighted by molar-refractivity contribution is 5.90. The van der Waals surface area contributed by atoms with Crippen LogP contribution in [0.2, 0.25) is 0 Å². The molecule has 1 aromatic carbocycles. The van der Waals surface area contributed by atoms with Gasteiger partial charge in [-0.2, -0.15) is 0 Å². The van der Waals surface area contributed by atoms with Crippen molar-refractivity contribution in [1.82, 2.24) is 10.2 Å². The summed E-state index contributed by atoms with van der Waals surface area (Å²) < 4.78 is 19.8. The van der Waals surface area contributed by atoms with E-state index in [9.17, 15) is 14.0 Å². The molecule has 136 valence electrons. The van der Waals surface area contributed by atoms with Crippen LogP contribution in [0.25, 0.3) is 0 Å². The minimum atomic E-state index is -0.526. The summed E-state index contributed by atoms with van der Waals surface area (Å²) >= 11 is 0. The van der Waals surface area contributed by atoms with Crippen LogP contribution in [0.1, 0.15) is 6.92 Å². The molecule has 0 bridgehead atoms. The zero-order valence-corrected chi connectivity index (χ0v) is 14.5. The molecule has 2 amide bonds. The van der Waals surface area contributed by atoms with E-state index in [-0.39, 0.29) is 24.8 Å². The van der Waals surface area contributed by atoms with Crippen LogP contribution in [0, 0.1) is 5.82 Å². The molecule has 8 heteroatoms. The molecule has 0 aliphatic carbocycles. The van der Waals surface area contributed by atoms with Gasteiger partial charge in [0.1, 0.15) is 11.9 Å². The number of nitrogens with one attached hydrogen (secondary N) is 1. The topological polar surface area (TPSA) is 65.1 Å². The third-order valence-corrected chi connectivity index (χ3v) is 4.54. The van der Waals surface area contributed by atoms with Crippen molar-refractivity contribution in [2.24, 2.45) is 0 Å². The first-order chi connectivity index (χ1) is 11.9. The molecule has 2 aliphatic heterocycles. The van der Waals surface area contributed by atoms with Gasteiger partial charge in [0.2, 0.25) is 5.91 Å². The molecule has 2 saturated heterocycles. The van der Waals surface area contributed by atoms with Crippen LogP contribution < -0.4 is 15.1 Å². The number of cyclic esters (lactones) is 1. The van der Waals surface area contributed by atoms with Crippen molar-refractivity contribution >= 4 is 23.4 Å². The van der Waals surface area contributed by atoms with Gasteiger partial charge in [-0.1, -0.05) is 0 Å². The maximum Gasteiger partial charge on any atom is 0.414 e. The number of piperazine rings is 1. The van der Waals surface area contributed by atoms with Gasteiger partial charge in [-0.25, -0.2) is 9.18 Å². The Morgan fingerprint density at radius 2 is 2.04 bits per heavy atom. The van der Waals surface area contributed by atoms with Crippen molar-refractivity contribution in [3.8, 4) is 0 Å². The van der Waals surface area contributed by atoms with Gasteiger partial charge in [-0.15, -0.1) is 0 Å². The Kier molecular flexibility index (Phi) is 5.08. The highest BCUT2D eigenvalue weighted by atomic mass is 19.1. The third kappa shape index (κ3) is 4.01. The summed E-state index contributed by atoms with van der Waals surface area (Å²) in [6.07, 6.45) is -0.959. The highest BCUT2D eigenvalue weighted by Gasteiger charge is 2.33. The van der Waals surface area contributed by atoms with Crippen LogP contribution in [0.4, 0.5) is 20.6 Å².